The van der Waals surface area contributed by atoms with Crippen LogP contribution in [-0.2, 0) is 0 Å². The van der Waals surface area contributed by atoms with E-state index in [1.807, 2.05) is 45.0 Å². The van der Waals surface area contributed by atoms with Crippen molar-refractivity contribution in [2.24, 2.45) is 0 Å². The van der Waals surface area contributed by atoms with Gasteiger partial charge >= 0.3 is 5.97 Å². The van der Waals surface area contributed by atoms with Crippen LogP contribution in [0.3, 0.4) is 0 Å². The molecule has 6 nitrogen and oxygen atoms in total. The summed E-state index contributed by atoms with van der Waals surface area (Å²) in [5.74, 6) is 0.528. The molecule has 0 saturated heterocycles. The van der Waals surface area contributed by atoms with Gasteiger partial charge in [-0.05, 0) is 45.0 Å². The lowest BCUT2D eigenvalue weighted by molar-refractivity contribution is 0.0690. The molecular weight excluding hydrogens is 282 g/mol. The first-order valence-corrected chi connectivity index (χ1v) is 7.11. The fourth-order valence-corrected chi connectivity index (χ4v) is 1.92. The fraction of sp³-hybridized carbons (Fsp3) is 0.312. The van der Waals surface area contributed by atoms with Gasteiger partial charge in [-0.2, -0.15) is 0 Å². The van der Waals surface area contributed by atoms with Crippen molar-refractivity contribution in [2.45, 2.75) is 26.8 Å². The van der Waals surface area contributed by atoms with Crippen LogP contribution in [-0.4, -0.2) is 33.7 Å². The number of carbonyl (C=O) groups is 1. The Balaban J connectivity index is 2.39. The first kappa shape index (κ1) is 15.8. The number of aromatic nitrogens is 2. The van der Waals surface area contributed by atoms with Crippen LogP contribution >= 0.6 is 0 Å². The van der Waals surface area contributed by atoms with Crippen molar-refractivity contribution in [1.29, 1.82) is 0 Å². The van der Waals surface area contributed by atoms with Crippen LogP contribution in [0.4, 0.5) is 5.82 Å². The van der Waals surface area contributed by atoms with Gasteiger partial charge in [-0.1, -0.05) is 0 Å². The number of rotatable bonds is 6. The number of hydrogen-bond acceptors (Lipinski definition) is 5. The van der Waals surface area contributed by atoms with E-state index in [0.717, 1.165) is 11.3 Å². The molecule has 2 aromatic rings. The highest BCUT2D eigenvalue weighted by Crippen LogP contribution is 2.21. The first-order chi connectivity index (χ1) is 10.5. The van der Waals surface area contributed by atoms with Crippen molar-refractivity contribution in [3.8, 4) is 17.1 Å². The monoisotopic (exact) mass is 301 g/mol. The summed E-state index contributed by atoms with van der Waals surface area (Å²) in [6.07, 6.45) is 0. The third kappa shape index (κ3) is 3.94. The smallest absolute Gasteiger partial charge is 0.354 e. The zero-order chi connectivity index (χ0) is 16.1. The Labute approximate surface area is 129 Å². The lowest BCUT2D eigenvalue weighted by Crippen LogP contribution is -2.13. The molecule has 6 heteroatoms. The van der Waals surface area contributed by atoms with E-state index in [0.29, 0.717) is 18.2 Å². The van der Waals surface area contributed by atoms with E-state index in [4.69, 9.17) is 4.74 Å². The van der Waals surface area contributed by atoms with Crippen LogP contribution in [0.15, 0.2) is 30.3 Å². The molecule has 2 N–H and O–H groups in total. The van der Waals surface area contributed by atoms with Crippen molar-refractivity contribution in [2.75, 3.05) is 11.9 Å². The maximum absolute atomic E-state index is 11.2. The molecule has 0 unspecified atom stereocenters. The molecule has 0 bridgehead atoms. The normalized spacial score (nSPS) is 10.5. The highest BCUT2D eigenvalue weighted by atomic mass is 16.5. The summed E-state index contributed by atoms with van der Waals surface area (Å²) in [4.78, 5) is 19.7. The van der Waals surface area contributed by atoms with Crippen LogP contribution in [0.2, 0.25) is 0 Å². The van der Waals surface area contributed by atoms with E-state index in [-0.39, 0.29) is 11.7 Å². The van der Waals surface area contributed by atoms with Crippen LogP contribution in [0.5, 0.6) is 5.75 Å². The van der Waals surface area contributed by atoms with Gasteiger partial charge in [0.25, 0.3) is 0 Å². The summed E-state index contributed by atoms with van der Waals surface area (Å²) in [5.41, 5.74) is 0.695. The van der Waals surface area contributed by atoms with Gasteiger partial charge < -0.3 is 15.2 Å². The minimum Gasteiger partial charge on any atom is -0.494 e. The summed E-state index contributed by atoms with van der Waals surface area (Å²) < 4.78 is 5.39. The van der Waals surface area contributed by atoms with Crippen molar-refractivity contribution < 1.29 is 14.6 Å². The number of carboxylic acids is 1. The predicted octanol–water partition coefficient (Wildman–Crippen LogP) is 3.06. The van der Waals surface area contributed by atoms with Gasteiger partial charge in [0, 0.05) is 17.7 Å². The van der Waals surface area contributed by atoms with Gasteiger partial charge in [-0.3, -0.25) is 0 Å². The molecule has 1 heterocycles. The molecule has 1 aromatic heterocycles. The van der Waals surface area contributed by atoms with Crippen molar-refractivity contribution in [3.05, 3.63) is 36.0 Å². The molecule has 0 aliphatic carbocycles. The van der Waals surface area contributed by atoms with Gasteiger partial charge in [0.15, 0.2) is 11.5 Å². The average molecular weight is 301 g/mol. The molecule has 0 aliphatic heterocycles. The predicted molar refractivity (Wildman–Crippen MR) is 84.4 cm³/mol. The number of carboxylic acid groups (broad SMARTS) is 1. The van der Waals surface area contributed by atoms with Gasteiger partial charge in [-0.25, -0.2) is 14.8 Å². The average Bonchev–Trinajstić information content (AvgIpc) is 2.47. The Morgan fingerprint density at radius 2 is 1.95 bits per heavy atom. The maximum Gasteiger partial charge on any atom is 0.354 e. The van der Waals surface area contributed by atoms with Crippen LogP contribution < -0.4 is 10.1 Å². The third-order valence-corrected chi connectivity index (χ3v) is 2.81. The second-order valence-corrected chi connectivity index (χ2v) is 5.02. The quantitative estimate of drug-likeness (QED) is 0.853. The summed E-state index contributed by atoms with van der Waals surface area (Å²) in [6, 6.07) is 8.82. The number of benzene rings is 1. The van der Waals surface area contributed by atoms with Crippen LogP contribution in [0.25, 0.3) is 11.4 Å². The topological polar surface area (TPSA) is 84.3 Å². The molecule has 0 saturated carbocycles. The number of anilines is 1. The van der Waals surface area contributed by atoms with E-state index in [9.17, 15) is 9.90 Å². The molecule has 0 fully saturated rings. The van der Waals surface area contributed by atoms with Crippen LogP contribution in [0.1, 0.15) is 31.3 Å². The second-order valence-electron chi connectivity index (χ2n) is 5.02. The third-order valence-electron chi connectivity index (χ3n) is 2.81. The molecule has 0 aliphatic rings. The number of nitrogens with zero attached hydrogens (tertiary/aromatic N) is 2. The molecular formula is C16H19N3O3. The van der Waals surface area contributed by atoms with E-state index < -0.39 is 5.97 Å². The Bertz CT molecular complexity index is 654. The number of hydrogen-bond donors (Lipinski definition) is 2. The molecule has 2 rings (SSSR count). The zero-order valence-electron chi connectivity index (χ0n) is 12.8. The van der Waals surface area contributed by atoms with E-state index >= 15 is 0 Å². The van der Waals surface area contributed by atoms with Gasteiger partial charge in [0.05, 0.1) is 6.61 Å². The van der Waals surface area contributed by atoms with Crippen molar-refractivity contribution in [1.82, 2.24) is 9.97 Å². The molecule has 0 radical (unpaired) electrons. The SMILES string of the molecule is CCOc1ccc(-c2nc(NC(C)C)cc(C(=O)O)n2)cc1. The highest BCUT2D eigenvalue weighted by Gasteiger charge is 2.12. The summed E-state index contributed by atoms with van der Waals surface area (Å²) in [5, 5.41) is 12.3. The summed E-state index contributed by atoms with van der Waals surface area (Å²) in [6.45, 7) is 6.42. The molecule has 116 valence electrons. The van der Waals surface area contributed by atoms with E-state index in [1.165, 1.54) is 6.07 Å². The van der Waals surface area contributed by atoms with Gasteiger partial charge in [-0.15, -0.1) is 0 Å². The summed E-state index contributed by atoms with van der Waals surface area (Å²) >= 11 is 0. The minimum atomic E-state index is -1.08. The highest BCUT2D eigenvalue weighted by molar-refractivity contribution is 5.87. The fourth-order valence-electron chi connectivity index (χ4n) is 1.92. The lowest BCUT2D eigenvalue weighted by atomic mass is 10.2. The van der Waals surface area contributed by atoms with Crippen LogP contribution in [0, 0.1) is 0 Å². The number of ether oxygens (including phenoxy) is 1. The largest absolute Gasteiger partial charge is 0.494 e. The Morgan fingerprint density at radius 1 is 1.27 bits per heavy atom. The maximum atomic E-state index is 11.2. The van der Waals surface area contributed by atoms with E-state index in [1.54, 1.807) is 0 Å². The molecule has 0 amide bonds. The number of nitrogens with one attached hydrogen (secondary N) is 1. The van der Waals surface area contributed by atoms with Gasteiger partial charge in [0.1, 0.15) is 11.6 Å². The molecule has 1 aromatic carbocycles. The molecule has 0 atom stereocenters. The molecule has 0 spiro atoms. The minimum absolute atomic E-state index is 0.0398. The van der Waals surface area contributed by atoms with E-state index in [2.05, 4.69) is 15.3 Å². The second kappa shape index (κ2) is 6.89. The van der Waals surface area contributed by atoms with Crippen molar-refractivity contribution >= 4 is 11.8 Å². The Morgan fingerprint density at radius 3 is 2.50 bits per heavy atom. The summed E-state index contributed by atoms with van der Waals surface area (Å²) in [7, 11) is 0. The standard InChI is InChI=1S/C16H19N3O3/c1-4-22-12-7-5-11(6-8-12)15-18-13(16(20)21)9-14(19-15)17-10(2)3/h5-10H,4H2,1-3H3,(H,20,21)(H,17,18,19). The number of aromatic carboxylic acids is 1. The molecule has 22 heavy (non-hydrogen) atoms. The lowest BCUT2D eigenvalue weighted by Gasteiger charge is -2.11. The Hall–Kier alpha value is -2.63. The zero-order valence-corrected chi connectivity index (χ0v) is 12.8. The van der Waals surface area contributed by atoms with Crippen molar-refractivity contribution in [3.63, 3.8) is 0 Å². The first-order valence-electron chi connectivity index (χ1n) is 7.11. The van der Waals surface area contributed by atoms with Gasteiger partial charge in [0.2, 0.25) is 0 Å². The Kier molecular flexibility index (Phi) is 4.93.